The van der Waals surface area contributed by atoms with E-state index in [2.05, 4.69) is 17.1 Å². The third-order valence-corrected chi connectivity index (χ3v) is 5.42. The Morgan fingerprint density at radius 2 is 2.04 bits per heavy atom. The van der Waals surface area contributed by atoms with Gasteiger partial charge in [0.1, 0.15) is 5.82 Å². The van der Waals surface area contributed by atoms with Gasteiger partial charge in [-0.3, -0.25) is 4.79 Å². The first-order valence-electron chi connectivity index (χ1n) is 8.95. The number of likely N-dealkylation sites (tertiary alicyclic amines) is 1. The monoisotopic (exact) mass is 334 g/mol. The number of hydrogen-bond acceptors (Lipinski definition) is 3. The Morgan fingerprint density at radius 3 is 2.67 bits per heavy atom. The summed E-state index contributed by atoms with van der Waals surface area (Å²) < 4.78 is 14.0. The molecule has 1 heterocycles. The minimum absolute atomic E-state index is 0.168. The highest BCUT2D eigenvalue weighted by Crippen LogP contribution is 2.49. The first kappa shape index (κ1) is 17.4. The van der Waals surface area contributed by atoms with Crippen molar-refractivity contribution in [1.29, 1.82) is 0 Å². The Hall–Kier alpha value is -1.46. The summed E-state index contributed by atoms with van der Waals surface area (Å²) in [5, 5.41) is 13.0. The van der Waals surface area contributed by atoms with Crippen LogP contribution in [-0.4, -0.2) is 48.2 Å². The molecule has 0 radical (unpaired) electrons. The van der Waals surface area contributed by atoms with Gasteiger partial charge in [0.15, 0.2) is 0 Å². The Bertz CT molecular complexity index is 580. The van der Waals surface area contributed by atoms with E-state index in [0.29, 0.717) is 24.9 Å². The molecule has 1 atom stereocenters. The fraction of sp³-hybridized carbons (Fsp3) is 0.632. The lowest BCUT2D eigenvalue weighted by atomic mass is 9.94. The molecule has 3 rings (SSSR count). The molecule has 1 aliphatic heterocycles. The number of halogens is 1. The van der Waals surface area contributed by atoms with Gasteiger partial charge >= 0.3 is 0 Å². The molecule has 2 fully saturated rings. The van der Waals surface area contributed by atoms with Crippen LogP contribution in [-0.2, 0) is 10.2 Å². The lowest BCUT2D eigenvalue weighted by Gasteiger charge is -2.31. The zero-order valence-electron chi connectivity index (χ0n) is 14.3. The Balaban J connectivity index is 1.50. The van der Waals surface area contributed by atoms with Crippen molar-refractivity contribution in [2.24, 2.45) is 5.92 Å². The standard InChI is InChI=1S/C19H27FN2O2/c1-14-6-10-22(11-7-14)13-15(23)12-21-18(24)19(8-9-19)16-4-2-3-5-17(16)20/h2-5,14-15,23H,6-13H2,1H3,(H,21,24). The van der Waals surface area contributed by atoms with E-state index in [0.717, 1.165) is 31.8 Å². The lowest BCUT2D eigenvalue weighted by molar-refractivity contribution is -0.124. The van der Waals surface area contributed by atoms with Crippen molar-refractivity contribution in [3.8, 4) is 0 Å². The molecule has 2 N–H and O–H groups in total. The number of nitrogens with one attached hydrogen (secondary N) is 1. The molecule has 132 valence electrons. The summed E-state index contributed by atoms with van der Waals surface area (Å²) in [5.74, 6) is 0.264. The minimum Gasteiger partial charge on any atom is -0.390 e. The smallest absolute Gasteiger partial charge is 0.230 e. The third kappa shape index (κ3) is 3.78. The highest BCUT2D eigenvalue weighted by Gasteiger charge is 2.52. The van der Waals surface area contributed by atoms with E-state index in [1.54, 1.807) is 18.2 Å². The number of benzene rings is 1. The number of carbonyl (C=O) groups is 1. The van der Waals surface area contributed by atoms with Crippen LogP contribution in [0.25, 0.3) is 0 Å². The summed E-state index contributed by atoms with van der Waals surface area (Å²) in [6.07, 6.45) is 3.07. The van der Waals surface area contributed by atoms with Gasteiger partial charge in [-0.1, -0.05) is 25.1 Å². The lowest BCUT2D eigenvalue weighted by Crippen LogP contribution is -2.45. The number of hydrogen-bond donors (Lipinski definition) is 2. The van der Waals surface area contributed by atoms with Crippen molar-refractivity contribution in [2.75, 3.05) is 26.2 Å². The summed E-state index contributed by atoms with van der Waals surface area (Å²) in [7, 11) is 0. The van der Waals surface area contributed by atoms with E-state index in [-0.39, 0.29) is 18.3 Å². The van der Waals surface area contributed by atoms with Crippen LogP contribution in [0.4, 0.5) is 4.39 Å². The molecular formula is C19H27FN2O2. The van der Waals surface area contributed by atoms with Crippen LogP contribution in [0.3, 0.4) is 0 Å². The molecule has 2 aliphatic rings. The number of amides is 1. The number of rotatable bonds is 6. The van der Waals surface area contributed by atoms with Crippen LogP contribution >= 0.6 is 0 Å². The molecule has 1 saturated carbocycles. The first-order valence-corrected chi connectivity index (χ1v) is 8.95. The van der Waals surface area contributed by atoms with E-state index in [9.17, 15) is 14.3 Å². The highest BCUT2D eigenvalue weighted by molar-refractivity contribution is 5.91. The molecule has 1 amide bonds. The second kappa shape index (κ2) is 7.19. The van der Waals surface area contributed by atoms with Gasteiger partial charge in [0, 0.05) is 18.7 Å². The Kier molecular flexibility index (Phi) is 5.21. The molecule has 0 spiro atoms. The van der Waals surface area contributed by atoms with E-state index < -0.39 is 11.5 Å². The summed E-state index contributed by atoms with van der Waals surface area (Å²) >= 11 is 0. The molecule has 1 aromatic rings. The third-order valence-electron chi connectivity index (χ3n) is 5.42. The van der Waals surface area contributed by atoms with Crippen LogP contribution < -0.4 is 5.32 Å². The minimum atomic E-state index is -0.731. The molecule has 1 unspecified atom stereocenters. The fourth-order valence-corrected chi connectivity index (χ4v) is 3.58. The van der Waals surface area contributed by atoms with Crippen LogP contribution in [0, 0.1) is 11.7 Å². The molecule has 1 aromatic carbocycles. The van der Waals surface area contributed by atoms with Crippen LogP contribution in [0.1, 0.15) is 38.2 Å². The molecule has 0 aromatic heterocycles. The van der Waals surface area contributed by atoms with Crippen molar-refractivity contribution < 1.29 is 14.3 Å². The Labute approximate surface area is 143 Å². The molecule has 24 heavy (non-hydrogen) atoms. The SMILES string of the molecule is CC1CCN(CC(O)CNC(=O)C2(c3ccccc3F)CC2)CC1. The summed E-state index contributed by atoms with van der Waals surface area (Å²) in [6.45, 7) is 5.07. The predicted octanol–water partition coefficient (Wildman–Crippen LogP) is 2.07. The zero-order chi connectivity index (χ0) is 17.2. The maximum absolute atomic E-state index is 14.0. The van der Waals surface area contributed by atoms with Crippen molar-refractivity contribution in [3.05, 3.63) is 35.6 Å². The van der Waals surface area contributed by atoms with E-state index in [1.807, 2.05) is 0 Å². The van der Waals surface area contributed by atoms with Gasteiger partial charge in [-0.25, -0.2) is 4.39 Å². The van der Waals surface area contributed by atoms with Crippen molar-refractivity contribution >= 4 is 5.91 Å². The van der Waals surface area contributed by atoms with Crippen molar-refractivity contribution in [3.63, 3.8) is 0 Å². The van der Waals surface area contributed by atoms with Gasteiger partial charge in [-0.15, -0.1) is 0 Å². The molecule has 1 saturated heterocycles. The quantitative estimate of drug-likeness (QED) is 0.837. The molecule has 4 nitrogen and oxygen atoms in total. The van der Waals surface area contributed by atoms with Gasteiger partial charge in [-0.05, 0) is 50.8 Å². The predicted molar refractivity (Wildman–Crippen MR) is 91.2 cm³/mol. The number of β-amino-alcohol motifs (C(OH)–C–C–N with tert-alkyl or cyclic N) is 1. The van der Waals surface area contributed by atoms with Gasteiger partial charge in [0.25, 0.3) is 0 Å². The Morgan fingerprint density at radius 1 is 1.38 bits per heavy atom. The largest absolute Gasteiger partial charge is 0.390 e. The second-order valence-corrected chi connectivity index (χ2v) is 7.41. The van der Waals surface area contributed by atoms with Crippen molar-refractivity contribution in [1.82, 2.24) is 10.2 Å². The molecule has 0 bridgehead atoms. The number of aliphatic hydroxyl groups excluding tert-OH is 1. The summed E-state index contributed by atoms with van der Waals surface area (Å²) in [6, 6.07) is 6.48. The topological polar surface area (TPSA) is 52.6 Å². The zero-order valence-corrected chi connectivity index (χ0v) is 14.3. The average molecular weight is 334 g/mol. The maximum atomic E-state index is 14.0. The van der Waals surface area contributed by atoms with Gasteiger partial charge in [-0.2, -0.15) is 0 Å². The molecule has 1 aliphatic carbocycles. The first-order chi connectivity index (χ1) is 11.5. The van der Waals surface area contributed by atoms with Crippen molar-refractivity contribution in [2.45, 2.75) is 44.1 Å². The summed E-state index contributed by atoms with van der Waals surface area (Å²) in [5.41, 5.74) is -0.256. The second-order valence-electron chi connectivity index (χ2n) is 7.41. The molecule has 5 heteroatoms. The maximum Gasteiger partial charge on any atom is 0.230 e. The van der Waals surface area contributed by atoms with E-state index >= 15 is 0 Å². The number of carbonyl (C=O) groups excluding carboxylic acids is 1. The van der Waals surface area contributed by atoms with Gasteiger partial charge in [0.2, 0.25) is 5.91 Å². The van der Waals surface area contributed by atoms with Crippen LogP contribution in [0.15, 0.2) is 24.3 Å². The highest BCUT2D eigenvalue weighted by atomic mass is 19.1. The number of nitrogens with zero attached hydrogens (tertiary/aromatic N) is 1. The summed E-state index contributed by atoms with van der Waals surface area (Å²) in [4.78, 5) is 14.8. The fourth-order valence-electron chi connectivity index (χ4n) is 3.58. The van der Waals surface area contributed by atoms with Crippen LogP contribution in [0.5, 0.6) is 0 Å². The normalized spacial score (nSPS) is 22.1. The van der Waals surface area contributed by atoms with E-state index in [1.165, 1.54) is 6.07 Å². The molecular weight excluding hydrogens is 307 g/mol. The van der Waals surface area contributed by atoms with Gasteiger partial charge in [0.05, 0.1) is 11.5 Å². The van der Waals surface area contributed by atoms with E-state index in [4.69, 9.17) is 0 Å². The van der Waals surface area contributed by atoms with Gasteiger partial charge < -0.3 is 15.3 Å². The number of piperidine rings is 1. The van der Waals surface area contributed by atoms with Crippen LogP contribution in [0.2, 0.25) is 0 Å². The average Bonchev–Trinajstić information content (AvgIpc) is 3.37. The number of aliphatic hydroxyl groups is 1.